The van der Waals surface area contributed by atoms with E-state index in [1.54, 1.807) is 37.3 Å². The van der Waals surface area contributed by atoms with Crippen molar-refractivity contribution < 1.29 is 19.1 Å². The van der Waals surface area contributed by atoms with Crippen LogP contribution >= 0.6 is 0 Å². The van der Waals surface area contributed by atoms with Gasteiger partial charge in [0.2, 0.25) is 5.91 Å². The fraction of sp³-hybridized carbons (Fsp3) is 0.300. The molecule has 2 aromatic rings. The standard InChI is InChI=1S/C20H20N2O4/c1-25-14-9-13(10-15(11-14)26-2)18(23)22-8-7-20(12-22)16-5-3-4-6-17(16)21-19(20)24/h3-6,9-11H,7-8,12H2,1-2H3,(H,21,24). The zero-order valence-corrected chi connectivity index (χ0v) is 14.7. The second-order valence-electron chi connectivity index (χ2n) is 6.66. The van der Waals surface area contributed by atoms with Gasteiger partial charge in [-0.25, -0.2) is 0 Å². The van der Waals surface area contributed by atoms with Gasteiger partial charge in [0.15, 0.2) is 0 Å². The zero-order chi connectivity index (χ0) is 18.3. The number of methoxy groups -OCH3 is 2. The van der Waals surface area contributed by atoms with Gasteiger partial charge in [-0.05, 0) is 30.2 Å². The van der Waals surface area contributed by atoms with Crippen LogP contribution in [0.1, 0.15) is 22.3 Å². The number of nitrogens with one attached hydrogen (secondary N) is 1. The predicted octanol–water partition coefficient (Wildman–Crippen LogP) is 2.44. The van der Waals surface area contributed by atoms with Crippen LogP contribution in [0, 0.1) is 0 Å². The average Bonchev–Trinajstić information content (AvgIpc) is 3.24. The molecule has 0 radical (unpaired) electrons. The Kier molecular flexibility index (Phi) is 3.83. The van der Waals surface area contributed by atoms with Crippen molar-refractivity contribution in [3.05, 3.63) is 53.6 Å². The molecule has 26 heavy (non-hydrogen) atoms. The fourth-order valence-electron chi connectivity index (χ4n) is 3.88. The predicted molar refractivity (Wildman–Crippen MR) is 96.8 cm³/mol. The van der Waals surface area contributed by atoms with Crippen LogP contribution in [0.5, 0.6) is 11.5 Å². The molecule has 6 nitrogen and oxygen atoms in total. The Morgan fingerprint density at radius 1 is 1.12 bits per heavy atom. The van der Waals surface area contributed by atoms with E-state index < -0.39 is 5.41 Å². The molecule has 0 bridgehead atoms. The summed E-state index contributed by atoms with van der Waals surface area (Å²) < 4.78 is 10.5. The highest BCUT2D eigenvalue weighted by Crippen LogP contribution is 2.44. The molecule has 1 saturated heterocycles. The van der Waals surface area contributed by atoms with Crippen molar-refractivity contribution in [1.29, 1.82) is 0 Å². The van der Waals surface area contributed by atoms with E-state index >= 15 is 0 Å². The lowest BCUT2D eigenvalue weighted by Gasteiger charge is -2.23. The lowest BCUT2D eigenvalue weighted by molar-refractivity contribution is -0.120. The quantitative estimate of drug-likeness (QED) is 0.921. The van der Waals surface area contributed by atoms with E-state index in [1.165, 1.54) is 0 Å². The summed E-state index contributed by atoms with van der Waals surface area (Å²) in [5.41, 5.74) is 1.65. The van der Waals surface area contributed by atoms with Gasteiger partial charge in [-0.2, -0.15) is 0 Å². The number of rotatable bonds is 3. The first-order valence-electron chi connectivity index (χ1n) is 8.51. The van der Waals surface area contributed by atoms with Gasteiger partial charge >= 0.3 is 0 Å². The van der Waals surface area contributed by atoms with Crippen LogP contribution in [-0.2, 0) is 10.2 Å². The van der Waals surface area contributed by atoms with Gasteiger partial charge in [0.25, 0.3) is 5.91 Å². The van der Waals surface area contributed by atoms with Gasteiger partial charge in [0.05, 0.1) is 19.6 Å². The van der Waals surface area contributed by atoms with Gasteiger partial charge in [0.1, 0.15) is 11.5 Å². The molecule has 4 rings (SSSR count). The summed E-state index contributed by atoms with van der Waals surface area (Å²) in [4.78, 5) is 27.4. The van der Waals surface area contributed by atoms with E-state index in [4.69, 9.17) is 9.47 Å². The van der Waals surface area contributed by atoms with Gasteiger partial charge in [-0.15, -0.1) is 0 Å². The third-order valence-corrected chi connectivity index (χ3v) is 5.28. The van der Waals surface area contributed by atoms with Gasteiger partial charge in [-0.1, -0.05) is 18.2 Å². The summed E-state index contributed by atoms with van der Waals surface area (Å²) >= 11 is 0. The first kappa shape index (κ1) is 16.4. The SMILES string of the molecule is COc1cc(OC)cc(C(=O)N2CCC3(C2)C(=O)Nc2ccccc23)c1. The first-order chi connectivity index (χ1) is 12.6. The monoisotopic (exact) mass is 352 g/mol. The number of carbonyl (C=O) groups excluding carboxylic acids is 2. The molecule has 6 heteroatoms. The number of amides is 2. The van der Waals surface area contributed by atoms with Crippen molar-refractivity contribution in [2.45, 2.75) is 11.8 Å². The topological polar surface area (TPSA) is 67.9 Å². The van der Waals surface area contributed by atoms with Crippen LogP contribution in [0.15, 0.2) is 42.5 Å². The molecule has 2 aromatic carbocycles. The minimum Gasteiger partial charge on any atom is -0.497 e. The van der Waals surface area contributed by atoms with E-state index in [0.29, 0.717) is 36.6 Å². The summed E-state index contributed by atoms with van der Waals surface area (Å²) in [6.45, 7) is 0.897. The summed E-state index contributed by atoms with van der Waals surface area (Å²) in [5, 5.41) is 2.95. The Morgan fingerprint density at radius 3 is 2.50 bits per heavy atom. The van der Waals surface area contributed by atoms with Crippen molar-refractivity contribution in [1.82, 2.24) is 4.90 Å². The zero-order valence-electron chi connectivity index (χ0n) is 14.7. The van der Waals surface area contributed by atoms with Crippen molar-refractivity contribution in [2.24, 2.45) is 0 Å². The number of fused-ring (bicyclic) bond motifs is 2. The van der Waals surface area contributed by atoms with Crippen molar-refractivity contribution in [2.75, 3.05) is 32.6 Å². The molecule has 0 aromatic heterocycles. The molecule has 1 atom stereocenters. The normalized spacial score (nSPS) is 20.8. The fourth-order valence-corrected chi connectivity index (χ4v) is 3.88. The van der Waals surface area contributed by atoms with Crippen molar-refractivity contribution >= 4 is 17.5 Å². The number of benzene rings is 2. The molecule has 2 amide bonds. The number of para-hydroxylation sites is 1. The molecule has 2 aliphatic rings. The van der Waals surface area contributed by atoms with Gasteiger partial charge < -0.3 is 19.7 Å². The van der Waals surface area contributed by atoms with Crippen LogP contribution < -0.4 is 14.8 Å². The Bertz CT molecular complexity index is 873. The maximum Gasteiger partial charge on any atom is 0.254 e. The number of nitrogens with zero attached hydrogens (tertiary/aromatic N) is 1. The van der Waals surface area contributed by atoms with E-state index in [1.807, 2.05) is 24.3 Å². The smallest absolute Gasteiger partial charge is 0.254 e. The number of anilines is 1. The molecule has 134 valence electrons. The first-order valence-corrected chi connectivity index (χ1v) is 8.51. The maximum absolute atomic E-state index is 13.0. The molecular weight excluding hydrogens is 332 g/mol. The number of hydrogen-bond acceptors (Lipinski definition) is 4. The van der Waals surface area contributed by atoms with E-state index in [0.717, 1.165) is 11.3 Å². The number of carbonyl (C=O) groups is 2. The van der Waals surface area contributed by atoms with Crippen LogP contribution in [-0.4, -0.2) is 44.0 Å². The third kappa shape index (κ3) is 2.41. The minimum atomic E-state index is -0.658. The van der Waals surface area contributed by atoms with Gasteiger partial charge in [-0.3, -0.25) is 9.59 Å². The average molecular weight is 352 g/mol. The van der Waals surface area contributed by atoms with Crippen LogP contribution in [0.4, 0.5) is 5.69 Å². The molecule has 0 saturated carbocycles. The highest BCUT2D eigenvalue weighted by atomic mass is 16.5. The molecule has 2 aliphatic heterocycles. The molecule has 1 N–H and O–H groups in total. The van der Waals surface area contributed by atoms with Crippen LogP contribution in [0.25, 0.3) is 0 Å². The second-order valence-corrected chi connectivity index (χ2v) is 6.66. The van der Waals surface area contributed by atoms with Crippen LogP contribution in [0.3, 0.4) is 0 Å². The van der Waals surface area contributed by atoms with Crippen molar-refractivity contribution in [3.63, 3.8) is 0 Å². The summed E-state index contributed by atoms with van der Waals surface area (Å²) in [7, 11) is 3.10. The molecular formula is C20H20N2O4. The Morgan fingerprint density at radius 2 is 1.81 bits per heavy atom. The van der Waals surface area contributed by atoms with Crippen molar-refractivity contribution in [3.8, 4) is 11.5 Å². The minimum absolute atomic E-state index is 0.0303. The number of ether oxygens (including phenoxy) is 2. The Balaban J connectivity index is 1.64. The Hall–Kier alpha value is -3.02. The maximum atomic E-state index is 13.0. The number of likely N-dealkylation sites (tertiary alicyclic amines) is 1. The molecule has 1 spiro atoms. The van der Waals surface area contributed by atoms with E-state index in [-0.39, 0.29) is 11.8 Å². The molecule has 1 unspecified atom stereocenters. The summed E-state index contributed by atoms with van der Waals surface area (Å²) in [6.07, 6.45) is 0.614. The van der Waals surface area contributed by atoms with E-state index in [9.17, 15) is 9.59 Å². The highest BCUT2D eigenvalue weighted by molar-refractivity contribution is 6.07. The lowest BCUT2D eigenvalue weighted by Crippen LogP contribution is -2.39. The third-order valence-electron chi connectivity index (χ3n) is 5.28. The number of hydrogen-bond donors (Lipinski definition) is 1. The highest BCUT2D eigenvalue weighted by Gasteiger charge is 2.52. The largest absolute Gasteiger partial charge is 0.497 e. The Labute approximate surface area is 151 Å². The van der Waals surface area contributed by atoms with E-state index in [2.05, 4.69) is 5.32 Å². The molecule has 0 aliphatic carbocycles. The molecule has 2 heterocycles. The van der Waals surface area contributed by atoms with Crippen LogP contribution in [0.2, 0.25) is 0 Å². The summed E-state index contributed by atoms with van der Waals surface area (Å²) in [6, 6.07) is 12.8. The molecule has 1 fully saturated rings. The summed E-state index contributed by atoms with van der Waals surface area (Å²) in [5.74, 6) is 0.963. The van der Waals surface area contributed by atoms with Gasteiger partial charge in [0, 0.05) is 30.4 Å². The lowest BCUT2D eigenvalue weighted by atomic mass is 9.81. The second kappa shape index (κ2) is 6.05.